The summed E-state index contributed by atoms with van der Waals surface area (Å²) in [6.07, 6.45) is 1.13. The summed E-state index contributed by atoms with van der Waals surface area (Å²) in [5, 5.41) is 13.4. The molecule has 0 bridgehead atoms. The number of rotatable bonds is 1. The van der Waals surface area contributed by atoms with Crippen molar-refractivity contribution in [2.24, 2.45) is 5.14 Å². The molecule has 0 fully saturated rings. The third-order valence-corrected chi connectivity index (χ3v) is 2.39. The highest BCUT2D eigenvalue weighted by molar-refractivity contribution is 7.89. The van der Waals surface area contributed by atoms with E-state index in [9.17, 15) is 8.42 Å². The molecule has 0 saturated heterocycles. The standard InChI is InChI=1S/C7H7N3O2S/c1-5-6(3-8)2-7(4-10-5)13(9,11)12/h2,4H,1H3,(H2,9,11,12). The van der Waals surface area contributed by atoms with Crippen LogP contribution in [0, 0.1) is 18.3 Å². The molecule has 0 atom stereocenters. The van der Waals surface area contributed by atoms with Crippen LogP contribution in [-0.4, -0.2) is 13.4 Å². The second kappa shape index (κ2) is 3.12. The maximum atomic E-state index is 10.8. The fourth-order valence-corrected chi connectivity index (χ4v) is 1.26. The minimum Gasteiger partial charge on any atom is -0.259 e. The molecule has 0 amide bonds. The minimum atomic E-state index is -3.77. The number of pyridine rings is 1. The van der Waals surface area contributed by atoms with Crippen molar-refractivity contribution < 1.29 is 8.42 Å². The molecule has 0 aliphatic heterocycles. The minimum absolute atomic E-state index is 0.144. The molecule has 2 N–H and O–H groups in total. The van der Waals surface area contributed by atoms with Gasteiger partial charge in [0.15, 0.2) is 0 Å². The van der Waals surface area contributed by atoms with E-state index in [0.29, 0.717) is 5.69 Å². The summed E-state index contributed by atoms with van der Waals surface area (Å²) < 4.78 is 21.7. The summed E-state index contributed by atoms with van der Waals surface area (Å²) >= 11 is 0. The van der Waals surface area contributed by atoms with Crippen LogP contribution in [0.4, 0.5) is 0 Å². The second-order valence-electron chi connectivity index (χ2n) is 2.46. The van der Waals surface area contributed by atoms with Crippen molar-refractivity contribution in [3.8, 4) is 6.07 Å². The molecule has 6 heteroatoms. The van der Waals surface area contributed by atoms with Gasteiger partial charge in [-0.15, -0.1) is 0 Å². The van der Waals surface area contributed by atoms with Crippen LogP contribution in [0.25, 0.3) is 0 Å². The topological polar surface area (TPSA) is 96.8 Å². The third-order valence-electron chi connectivity index (χ3n) is 1.51. The molecule has 0 aliphatic rings. The highest BCUT2D eigenvalue weighted by Gasteiger charge is 2.10. The summed E-state index contributed by atoms with van der Waals surface area (Å²) in [5.41, 5.74) is 0.696. The Morgan fingerprint density at radius 3 is 2.69 bits per heavy atom. The number of primary sulfonamides is 1. The average Bonchev–Trinajstić information content (AvgIpc) is 2.03. The Bertz CT molecular complexity index is 473. The molecule has 0 aromatic carbocycles. The average molecular weight is 197 g/mol. The monoisotopic (exact) mass is 197 g/mol. The number of sulfonamides is 1. The van der Waals surface area contributed by atoms with Crippen LogP contribution in [0.15, 0.2) is 17.2 Å². The van der Waals surface area contributed by atoms with E-state index in [2.05, 4.69) is 4.98 Å². The molecule has 0 unspecified atom stereocenters. The largest absolute Gasteiger partial charge is 0.259 e. The van der Waals surface area contributed by atoms with Crippen molar-refractivity contribution in [3.63, 3.8) is 0 Å². The molecule has 0 radical (unpaired) electrons. The first-order chi connectivity index (χ1) is 5.95. The maximum Gasteiger partial charge on any atom is 0.239 e. The van der Waals surface area contributed by atoms with E-state index in [0.717, 1.165) is 6.20 Å². The summed E-state index contributed by atoms with van der Waals surface area (Å²) in [4.78, 5) is 3.59. The smallest absolute Gasteiger partial charge is 0.239 e. The van der Waals surface area contributed by atoms with E-state index in [-0.39, 0.29) is 10.5 Å². The third kappa shape index (κ3) is 2.02. The van der Waals surface area contributed by atoms with Gasteiger partial charge in [-0.25, -0.2) is 13.6 Å². The van der Waals surface area contributed by atoms with Gasteiger partial charge in [-0.2, -0.15) is 5.26 Å². The summed E-state index contributed by atoms with van der Waals surface area (Å²) in [6.45, 7) is 1.62. The lowest BCUT2D eigenvalue weighted by molar-refractivity contribution is 0.597. The summed E-state index contributed by atoms with van der Waals surface area (Å²) in [7, 11) is -3.77. The van der Waals surface area contributed by atoms with Crippen molar-refractivity contribution in [1.29, 1.82) is 5.26 Å². The summed E-state index contributed by atoms with van der Waals surface area (Å²) in [6, 6.07) is 3.03. The van der Waals surface area contributed by atoms with Crippen LogP contribution in [-0.2, 0) is 10.0 Å². The van der Waals surface area contributed by atoms with Gasteiger partial charge in [0.1, 0.15) is 11.0 Å². The molecule has 1 aromatic rings. The molecule has 0 spiro atoms. The summed E-state index contributed by atoms with van der Waals surface area (Å²) in [5.74, 6) is 0. The predicted octanol–water partition coefficient (Wildman–Crippen LogP) is -0.0909. The van der Waals surface area contributed by atoms with E-state index in [1.165, 1.54) is 6.07 Å². The lowest BCUT2D eigenvalue weighted by Crippen LogP contribution is -2.13. The molecule has 0 aliphatic carbocycles. The van der Waals surface area contributed by atoms with Crippen molar-refractivity contribution >= 4 is 10.0 Å². The second-order valence-corrected chi connectivity index (χ2v) is 4.02. The van der Waals surface area contributed by atoms with Crippen LogP contribution in [0.2, 0.25) is 0 Å². The molecule has 68 valence electrons. The maximum absolute atomic E-state index is 10.8. The van der Waals surface area contributed by atoms with Crippen molar-refractivity contribution in [2.45, 2.75) is 11.8 Å². The van der Waals surface area contributed by atoms with E-state index in [1.807, 2.05) is 6.07 Å². The van der Waals surface area contributed by atoms with E-state index < -0.39 is 10.0 Å². The first-order valence-corrected chi connectivity index (χ1v) is 4.89. The lowest BCUT2D eigenvalue weighted by atomic mass is 10.2. The number of hydrogen-bond acceptors (Lipinski definition) is 4. The zero-order valence-electron chi connectivity index (χ0n) is 6.85. The number of nitrogens with zero attached hydrogens (tertiary/aromatic N) is 2. The molecule has 1 aromatic heterocycles. The number of aromatic nitrogens is 1. The number of nitrogens with two attached hydrogens (primary N) is 1. The number of nitriles is 1. The van der Waals surface area contributed by atoms with Gasteiger partial charge in [-0.05, 0) is 13.0 Å². The Labute approximate surface area is 75.9 Å². The van der Waals surface area contributed by atoms with Gasteiger partial charge in [0.2, 0.25) is 10.0 Å². The fourth-order valence-electron chi connectivity index (χ4n) is 0.783. The van der Waals surface area contributed by atoms with E-state index >= 15 is 0 Å². The van der Waals surface area contributed by atoms with Crippen LogP contribution in [0.1, 0.15) is 11.3 Å². The van der Waals surface area contributed by atoms with Crippen LogP contribution < -0.4 is 5.14 Å². The van der Waals surface area contributed by atoms with Gasteiger partial charge < -0.3 is 0 Å². The molecule has 1 heterocycles. The Hall–Kier alpha value is -1.45. The molecule has 5 nitrogen and oxygen atoms in total. The highest BCUT2D eigenvalue weighted by Crippen LogP contribution is 2.10. The lowest BCUT2D eigenvalue weighted by Gasteiger charge is -1.99. The van der Waals surface area contributed by atoms with Crippen LogP contribution in [0.3, 0.4) is 0 Å². The molecule has 1 rings (SSSR count). The zero-order chi connectivity index (χ0) is 10.1. The normalized spacial score (nSPS) is 10.8. The Kier molecular flexibility index (Phi) is 2.32. The first kappa shape index (κ1) is 9.64. The molecular formula is C7H7N3O2S. The van der Waals surface area contributed by atoms with Gasteiger partial charge in [0.05, 0.1) is 11.3 Å². The number of aryl methyl sites for hydroxylation is 1. The SMILES string of the molecule is Cc1ncc(S(N)(=O)=O)cc1C#N. The van der Waals surface area contributed by atoms with Crippen molar-refractivity contribution in [3.05, 3.63) is 23.5 Å². The predicted molar refractivity (Wildman–Crippen MR) is 45.1 cm³/mol. The fraction of sp³-hybridized carbons (Fsp3) is 0.143. The van der Waals surface area contributed by atoms with Crippen LogP contribution in [0.5, 0.6) is 0 Å². The Balaban J connectivity index is 3.41. The van der Waals surface area contributed by atoms with E-state index in [1.54, 1.807) is 6.92 Å². The van der Waals surface area contributed by atoms with Gasteiger partial charge >= 0.3 is 0 Å². The Morgan fingerprint density at radius 2 is 2.23 bits per heavy atom. The molecular weight excluding hydrogens is 190 g/mol. The Morgan fingerprint density at radius 1 is 1.62 bits per heavy atom. The van der Waals surface area contributed by atoms with Gasteiger partial charge in [0.25, 0.3) is 0 Å². The number of hydrogen-bond donors (Lipinski definition) is 1. The van der Waals surface area contributed by atoms with Gasteiger partial charge in [-0.1, -0.05) is 0 Å². The zero-order valence-corrected chi connectivity index (χ0v) is 7.67. The van der Waals surface area contributed by atoms with Gasteiger partial charge in [0, 0.05) is 6.20 Å². The van der Waals surface area contributed by atoms with Crippen molar-refractivity contribution in [2.75, 3.05) is 0 Å². The first-order valence-electron chi connectivity index (χ1n) is 3.34. The van der Waals surface area contributed by atoms with Crippen molar-refractivity contribution in [1.82, 2.24) is 4.98 Å². The highest BCUT2D eigenvalue weighted by atomic mass is 32.2. The molecule has 13 heavy (non-hydrogen) atoms. The van der Waals surface area contributed by atoms with Crippen LogP contribution >= 0.6 is 0 Å². The molecule has 0 saturated carbocycles. The van der Waals surface area contributed by atoms with E-state index in [4.69, 9.17) is 10.4 Å². The quantitative estimate of drug-likeness (QED) is 0.680. The van der Waals surface area contributed by atoms with Gasteiger partial charge in [-0.3, -0.25) is 4.98 Å².